The molecule has 0 saturated carbocycles. The lowest BCUT2D eigenvalue weighted by Crippen LogP contribution is -2.30. The van der Waals surface area contributed by atoms with Gasteiger partial charge in [-0.3, -0.25) is 4.79 Å². The fourth-order valence-electron chi connectivity index (χ4n) is 2.35. The van der Waals surface area contributed by atoms with Crippen LogP contribution in [0.5, 0.6) is 0 Å². The number of rotatable bonds is 4. The third-order valence-electron chi connectivity index (χ3n) is 3.66. The Morgan fingerprint density at radius 1 is 1.37 bits per heavy atom. The molecule has 0 radical (unpaired) electrons. The molecule has 1 fully saturated rings. The van der Waals surface area contributed by atoms with Crippen molar-refractivity contribution >= 4 is 5.91 Å². The van der Waals surface area contributed by atoms with E-state index in [0.29, 0.717) is 12.5 Å². The Balaban J connectivity index is 1.87. The van der Waals surface area contributed by atoms with Gasteiger partial charge in [0.2, 0.25) is 0 Å². The highest BCUT2D eigenvalue weighted by Gasteiger charge is 2.18. The maximum atomic E-state index is 13.5. The Hall–Kier alpha value is -1.42. The van der Waals surface area contributed by atoms with Gasteiger partial charge in [0.05, 0.1) is 5.56 Å². The molecule has 0 aromatic heterocycles. The molecular weight excluding hydrogens is 245 g/mol. The first-order chi connectivity index (χ1) is 9.18. The number of nitrogens with zero attached hydrogens (tertiary/aromatic N) is 1. The van der Waals surface area contributed by atoms with Gasteiger partial charge in [-0.1, -0.05) is 12.1 Å². The van der Waals surface area contributed by atoms with Gasteiger partial charge in [0.25, 0.3) is 5.91 Å². The van der Waals surface area contributed by atoms with Crippen molar-refractivity contribution in [1.82, 2.24) is 4.90 Å². The highest BCUT2D eigenvalue weighted by atomic mass is 19.1. The van der Waals surface area contributed by atoms with E-state index in [2.05, 4.69) is 0 Å². The van der Waals surface area contributed by atoms with E-state index in [4.69, 9.17) is 4.74 Å². The van der Waals surface area contributed by atoms with Gasteiger partial charge < -0.3 is 9.64 Å². The maximum Gasteiger partial charge on any atom is 0.256 e. The van der Waals surface area contributed by atoms with Crippen molar-refractivity contribution in [2.24, 2.45) is 5.92 Å². The summed E-state index contributed by atoms with van der Waals surface area (Å²) < 4.78 is 18.8. The van der Waals surface area contributed by atoms with Crippen LogP contribution >= 0.6 is 0 Å². The predicted octanol–water partition coefficient (Wildman–Crippen LogP) is 2.71. The SMILES string of the molecule is CN(CCC1CCOCC1)C(=O)c1ccccc1F. The van der Waals surface area contributed by atoms with Crippen LogP contribution in [0.3, 0.4) is 0 Å². The number of hydrogen-bond donors (Lipinski definition) is 0. The normalized spacial score (nSPS) is 16.3. The van der Waals surface area contributed by atoms with Crippen LogP contribution in [-0.2, 0) is 4.74 Å². The summed E-state index contributed by atoms with van der Waals surface area (Å²) in [6, 6.07) is 6.12. The van der Waals surface area contributed by atoms with Gasteiger partial charge in [0.15, 0.2) is 0 Å². The molecule has 104 valence electrons. The average Bonchev–Trinajstić information content (AvgIpc) is 2.45. The van der Waals surface area contributed by atoms with Gasteiger partial charge >= 0.3 is 0 Å². The predicted molar refractivity (Wildman–Crippen MR) is 71.5 cm³/mol. The fourth-order valence-corrected chi connectivity index (χ4v) is 2.35. The highest BCUT2D eigenvalue weighted by molar-refractivity contribution is 5.94. The summed E-state index contributed by atoms with van der Waals surface area (Å²) in [6.07, 6.45) is 3.07. The van der Waals surface area contributed by atoms with Gasteiger partial charge in [0.1, 0.15) is 5.82 Å². The minimum Gasteiger partial charge on any atom is -0.381 e. The molecule has 1 aliphatic heterocycles. The van der Waals surface area contributed by atoms with Gasteiger partial charge in [0, 0.05) is 26.8 Å². The molecule has 4 heteroatoms. The lowest BCUT2D eigenvalue weighted by Gasteiger charge is -2.25. The molecule has 2 rings (SSSR count). The number of hydrogen-bond acceptors (Lipinski definition) is 2. The molecule has 0 spiro atoms. The molecule has 0 unspecified atom stereocenters. The first kappa shape index (κ1) is 14.0. The molecule has 0 bridgehead atoms. The summed E-state index contributed by atoms with van der Waals surface area (Å²) in [6.45, 7) is 2.29. The Bertz CT molecular complexity index is 430. The lowest BCUT2D eigenvalue weighted by molar-refractivity contribution is 0.0582. The van der Waals surface area contributed by atoms with Crippen LogP contribution in [0.25, 0.3) is 0 Å². The Labute approximate surface area is 113 Å². The summed E-state index contributed by atoms with van der Waals surface area (Å²) in [5.74, 6) is -0.0832. The van der Waals surface area contributed by atoms with Crippen LogP contribution in [0.15, 0.2) is 24.3 Å². The highest BCUT2D eigenvalue weighted by Crippen LogP contribution is 2.19. The van der Waals surface area contributed by atoms with Crippen LogP contribution < -0.4 is 0 Å². The van der Waals surface area contributed by atoms with Crippen molar-refractivity contribution in [2.45, 2.75) is 19.3 Å². The molecule has 19 heavy (non-hydrogen) atoms. The summed E-state index contributed by atoms with van der Waals surface area (Å²) in [4.78, 5) is 13.7. The van der Waals surface area contributed by atoms with Crippen molar-refractivity contribution in [1.29, 1.82) is 0 Å². The lowest BCUT2D eigenvalue weighted by atomic mass is 9.96. The molecule has 3 nitrogen and oxygen atoms in total. The zero-order chi connectivity index (χ0) is 13.7. The van der Waals surface area contributed by atoms with E-state index in [1.54, 1.807) is 24.1 Å². The number of amides is 1. The molecule has 1 heterocycles. The molecule has 1 amide bonds. The quantitative estimate of drug-likeness (QED) is 0.837. The standard InChI is InChI=1S/C15H20FNO2/c1-17(9-6-12-7-10-19-11-8-12)15(18)13-4-2-3-5-14(13)16/h2-5,12H,6-11H2,1H3. The van der Waals surface area contributed by atoms with E-state index >= 15 is 0 Å². The van der Waals surface area contributed by atoms with Crippen LogP contribution in [0.2, 0.25) is 0 Å². The largest absolute Gasteiger partial charge is 0.381 e. The first-order valence-electron chi connectivity index (χ1n) is 6.76. The number of ether oxygens (including phenoxy) is 1. The minimum atomic E-state index is -0.453. The molecular formula is C15H20FNO2. The van der Waals surface area contributed by atoms with Gasteiger partial charge in [-0.2, -0.15) is 0 Å². The number of benzene rings is 1. The molecule has 1 aromatic rings. The van der Waals surface area contributed by atoms with Gasteiger partial charge in [-0.05, 0) is 37.3 Å². The maximum absolute atomic E-state index is 13.5. The monoisotopic (exact) mass is 265 g/mol. The second-order valence-corrected chi connectivity index (χ2v) is 5.05. The average molecular weight is 265 g/mol. The topological polar surface area (TPSA) is 29.5 Å². The fraction of sp³-hybridized carbons (Fsp3) is 0.533. The van der Waals surface area contributed by atoms with Crippen molar-refractivity contribution in [2.75, 3.05) is 26.8 Å². The van der Waals surface area contributed by atoms with Crippen LogP contribution in [-0.4, -0.2) is 37.6 Å². The zero-order valence-corrected chi connectivity index (χ0v) is 11.3. The van der Waals surface area contributed by atoms with Crippen LogP contribution in [0, 0.1) is 11.7 Å². The summed E-state index contributed by atoms with van der Waals surface area (Å²) >= 11 is 0. The number of carbonyl (C=O) groups is 1. The molecule has 1 saturated heterocycles. The second kappa shape index (κ2) is 6.66. The van der Waals surface area contributed by atoms with Crippen LogP contribution in [0.4, 0.5) is 4.39 Å². The van der Waals surface area contributed by atoms with Gasteiger partial charge in [-0.25, -0.2) is 4.39 Å². The molecule has 0 aliphatic carbocycles. The van der Waals surface area contributed by atoms with Crippen molar-refractivity contribution in [3.8, 4) is 0 Å². The third-order valence-corrected chi connectivity index (χ3v) is 3.66. The Kier molecular flexibility index (Phi) is 4.91. The van der Waals surface area contributed by atoms with Crippen molar-refractivity contribution in [3.63, 3.8) is 0 Å². The van der Waals surface area contributed by atoms with E-state index in [-0.39, 0.29) is 11.5 Å². The second-order valence-electron chi connectivity index (χ2n) is 5.05. The zero-order valence-electron chi connectivity index (χ0n) is 11.3. The molecule has 1 aromatic carbocycles. The number of halogens is 1. The number of carbonyl (C=O) groups excluding carboxylic acids is 1. The van der Waals surface area contributed by atoms with Crippen molar-refractivity contribution < 1.29 is 13.9 Å². The van der Waals surface area contributed by atoms with E-state index in [9.17, 15) is 9.18 Å². The summed E-state index contributed by atoms with van der Waals surface area (Å²) in [5, 5.41) is 0. The summed E-state index contributed by atoms with van der Waals surface area (Å²) in [7, 11) is 1.73. The minimum absolute atomic E-state index is 0.150. The van der Waals surface area contributed by atoms with Crippen molar-refractivity contribution in [3.05, 3.63) is 35.6 Å². The van der Waals surface area contributed by atoms with E-state index in [1.165, 1.54) is 12.1 Å². The Morgan fingerprint density at radius 2 is 2.05 bits per heavy atom. The van der Waals surface area contributed by atoms with E-state index < -0.39 is 5.82 Å². The van der Waals surface area contributed by atoms with Gasteiger partial charge in [-0.15, -0.1) is 0 Å². The summed E-state index contributed by atoms with van der Waals surface area (Å²) in [5.41, 5.74) is 0.150. The molecule has 0 N–H and O–H groups in total. The molecule has 0 atom stereocenters. The Morgan fingerprint density at radius 3 is 2.74 bits per heavy atom. The van der Waals surface area contributed by atoms with Crippen LogP contribution in [0.1, 0.15) is 29.6 Å². The van der Waals surface area contributed by atoms with E-state index in [0.717, 1.165) is 32.5 Å². The smallest absolute Gasteiger partial charge is 0.256 e. The van der Waals surface area contributed by atoms with E-state index in [1.807, 2.05) is 0 Å². The third kappa shape index (κ3) is 3.77. The molecule has 1 aliphatic rings. The first-order valence-corrected chi connectivity index (χ1v) is 6.76.